The first-order valence-corrected chi connectivity index (χ1v) is 11.8. The minimum atomic E-state index is -4.70. The van der Waals surface area contributed by atoms with Gasteiger partial charge in [-0.15, -0.1) is 13.2 Å². The zero-order chi connectivity index (χ0) is 25.7. The Bertz CT molecular complexity index is 1310. The summed E-state index contributed by atoms with van der Waals surface area (Å²) in [5.41, 5.74) is 4.46. The number of hydrogen-bond acceptors (Lipinski definition) is 8. The molecule has 1 saturated heterocycles. The van der Waals surface area contributed by atoms with E-state index < -0.39 is 13.0 Å². The second-order valence-corrected chi connectivity index (χ2v) is 8.36. The normalized spacial score (nSPS) is 14.1. The second-order valence-electron chi connectivity index (χ2n) is 8.36. The topological polar surface area (TPSA) is 93.0 Å². The molecule has 0 aliphatic carbocycles. The third-order valence-corrected chi connectivity index (χ3v) is 5.82. The highest BCUT2D eigenvalue weighted by Gasteiger charge is 2.28. The Kier molecular flexibility index (Phi) is 7.28. The van der Waals surface area contributed by atoms with E-state index in [1.54, 1.807) is 36.9 Å². The lowest BCUT2D eigenvalue weighted by molar-refractivity contribution is -0.325. The molecule has 1 aliphatic rings. The van der Waals surface area contributed by atoms with E-state index in [-0.39, 0.29) is 6.54 Å². The predicted molar refractivity (Wildman–Crippen MR) is 133 cm³/mol. The van der Waals surface area contributed by atoms with Crippen LogP contribution in [0.1, 0.15) is 0 Å². The largest absolute Gasteiger partial charge is 0.522 e. The zero-order valence-electron chi connectivity index (χ0n) is 19.8. The van der Waals surface area contributed by atoms with Gasteiger partial charge in [0.15, 0.2) is 0 Å². The minimum absolute atomic E-state index is 0.0810. The number of halogens is 3. The standard InChI is InChI=1S/C25H25F3N8O/c26-25(27,28)37-15-14-36-17-21(23(34-36)18-2-1-8-30-16-18)22-7-9-31-24(33-22)32-19-3-5-20(6-4-19)35-12-10-29-11-13-35/h1-9,16-17,29H,10-15H2,(H,31,32,33). The smallest absolute Gasteiger partial charge is 0.369 e. The molecule has 2 N–H and O–H groups in total. The number of hydrogen-bond donors (Lipinski definition) is 2. The summed E-state index contributed by atoms with van der Waals surface area (Å²) >= 11 is 0. The fourth-order valence-corrected chi connectivity index (χ4v) is 4.07. The molecular weight excluding hydrogens is 485 g/mol. The molecule has 0 amide bonds. The third kappa shape index (κ3) is 6.40. The van der Waals surface area contributed by atoms with Crippen molar-refractivity contribution in [3.05, 3.63) is 67.3 Å². The van der Waals surface area contributed by atoms with Gasteiger partial charge in [-0.25, -0.2) is 9.97 Å². The molecule has 0 spiro atoms. The number of anilines is 3. The van der Waals surface area contributed by atoms with E-state index in [2.05, 4.69) is 52.5 Å². The van der Waals surface area contributed by atoms with Gasteiger partial charge in [0.1, 0.15) is 5.69 Å². The van der Waals surface area contributed by atoms with Crippen molar-refractivity contribution in [2.24, 2.45) is 0 Å². The van der Waals surface area contributed by atoms with Crippen LogP contribution in [-0.2, 0) is 11.3 Å². The molecule has 1 fully saturated rings. The number of pyridine rings is 1. The van der Waals surface area contributed by atoms with Crippen molar-refractivity contribution >= 4 is 17.3 Å². The Labute approximate surface area is 211 Å². The number of alkyl halides is 3. The molecule has 0 atom stereocenters. The van der Waals surface area contributed by atoms with Gasteiger partial charge in [-0.2, -0.15) is 5.10 Å². The van der Waals surface area contributed by atoms with Crippen LogP contribution in [0.3, 0.4) is 0 Å². The van der Waals surface area contributed by atoms with Gasteiger partial charge < -0.3 is 15.5 Å². The van der Waals surface area contributed by atoms with Crippen molar-refractivity contribution in [1.82, 2.24) is 30.0 Å². The van der Waals surface area contributed by atoms with E-state index >= 15 is 0 Å². The molecule has 0 unspecified atom stereocenters. The lowest BCUT2D eigenvalue weighted by Gasteiger charge is -2.29. The molecule has 0 radical (unpaired) electrons. The van der Waals surface area contributed by atoms with Crippen molar-refractivity contribution in [3.8, 4) is 22.5 Å². The maximum atomic E-state index is 12.4. The molecule has 12 heteroatoms. The highest BCUT2D eigenvalue weighted by Crippen LogP contribution is 2.30. The lowest BCUT2D eigenvalue weighted by atomic mass is 10.1. The monoisotopic (exact) mass is 510 g/mol. The van der Waals surface area contributed by atoms with Crippen LogP contribution in [0.5, 0.6) is 0 Å². The molecule has 3 aromatic heterocycles. The van der Waals surface area contributed by atoms with Crippen LogP contribution in [-0.4, -0.2) is 63.9 Å². The maximum absolute atomic E-state index is 12.4. The first-order chi connectivity index (χ1) is 17.9. The van der Waals surface area contributed by atoms with Crippen LogP contribution in [0.2, 0.25) is 0 Å². The van der Waals surface area contributed by atoms with Crippen molar-refractivity contribution in [1.29, 1.82) is 0 Å². The van der Waals surface area contributed by atoms with Gasteiger partial charge in [0.05, 0.1) is 18.8 Å². The Balaban J connectivity index is 1.37. The molecule has 1 aliphatic heterocycles. The summed E-state index contributed by atoms with van der Waals surface area (Å²) in [5, 5.41) is 11.1. The first kappa shape index (κ1) is 24.7. The summed E-state index contributed by atoms with van der Waals surface area (Å²) < 4.78 is 42.6. The fraction of sp³-hybridized carbons (Fsp3) is 0.280. The van der Waals surface area contributed by atoms with Crippen molar-refractivity contribution in [2.45, 2.75) is 12.9 Å². The predicted octanol–water partition coefficient (Wildman–Crippen LogP) is 4.09. The molecule has 1 aromatic carbocycles. The van der Waals surface area contributed by atoms with Crippen LogP contribution in [0.25, 0.3) is 22.5 Å². The highest BCUT2D eigenvalue weighted by molar-refractivity contribution is 5.78. The molecule has 4 aromatic rings. The summed E-state index contributed by atoms with van der Waals surface area (Å²) in [6.07, 6.45) is 1.85. The van der Waals surface area contributed by atoms with Crippen LogP contribution < -0.4 is 15.5 Å². The van der Waals surface area contributed by atoms with Crippen LogP contribution >= 0.6 is 0 Å². The Morgan fingerprint density at radius 3 is 2.57 bits per heavy atom. The number of aromatic nitrogens is 5. The molecule has 37 heavy (non-hydrogen) atoms. The van der Waals surface area contributed by atoms with Gasteiger partial charge in [0, 0.05) is 73.5 Å². The lowest BCUT2D eigenvalue weighted by Crippen LogP contribution is -2.43. The van der Waals surface area contributed by atoms with Gasteiger partial charge in [-0.05, 0) is 42.5 Å². The first-order valence-electron chi connectivity index (χ1n) is 11.8. The summed E-state index contributed by atoms with van der Waals surface area (Å²) in [6.45, 7) is 3.22. The molecule has 9 nitrogen and oxygen atoms in total. The van der Waals surface area contributed by atoms with Crippen LogP contribution in [0.4, 0.5) is 30.5 Å². The maximum Gasteiger partial charge on any atom is 0.522 e. The van der Waals surface area contributed by atoms with Crippen LogP contribution in [0, 0.1) is 0 Å². The Morgan fingerprint density at radius 1 is 1.03 bits per heavy atom. The highest BCUT2D eigenvalue weighted by atomic mass is 19.4. The molecule has 0 bridgehead atoms. The fourth-order valence-electron chi connectivity index (χ4n) is 4.07. The van der Waals surface area contributed by atoms with Crippen LogP contribution in [0.15, 0.2) is 67.3 Å². The van der Waals surface area contributed by atoms with E-state index in [9.17, 15) is 13.2 Å². The van der Waals surface area contributed by atoms with Gasteiger partial charge >= 0.3 is 6.36 Å². The molecule has 0 saturated carbocycles. The summed E-state index contributed by atoms with van der Waals surface area (Å²) in [4.78, 5) is 15.4. The number of nitrogens with one attached hydrogen (secondary N) is 2. The Hall–Kier alpha value is -4.03. The molecular formula is C25H25F3N8O. The average Bonchev–Trinajstić information content (AvgIpc) is 3.34. The third-order valence-electron chi connectivity index (χ3n) is 5.82. The van der Waals surface area contributed by atoms with E-state index in [4.69, 9.17) is 0 Å². The second kappa shape index (κ2) is 10.9. The van der Waals surface area contributed by atoms with Crippen molar-refractivity contribution in [2.75, 3.05) is 43.0 Å². The van der Waals surface area contributed by atoms with Gasteiger partial charge in [0.25, 0.3) is 0 Å². The number of benzene rings is 1. The summed E-state index contributed by atoms with van der Waals surface area (Å²) in [6, 6.07) is 13.4. The SMILES string of the molecule is FC(F)(F)OCCn1cc(-c2ccnc(Nc3ccc(N4CCNCC4)cc3)n2)c(-c2cccnc2)n1. The minimum Gasteiger partial charge on any atom is -0.369 e. The van der Waals surface area contributed by atoms with Crippen molar-refractivity contribution in [3.63, 3.8) is 0 Å². The van der Waals surface area contributed by atoms with E-state index in [1.165, 1.54) is 4.68 Å². The number of nitrogens with zero attached hydrogens (tertiary/aromatic N) is 6. The van der Waals surface area contributed by atoms with Gasteiger partial charge in [0.2, 0.25) is 5.95 Å². The molecule has 4 heterocycles. The van der Waals surface area contributed by atoms with E-state index in [0.29, 0.717) is 28.5 Å². The average molecular weight is 511 g/mol. The van der Waals surface area contributed by atoms with Crippen molar-refractivity contribution < 1.29 is 17.9 Å². The quantitative estimate of drug-likeness (QED) is 0.366. The number of piperazine rings is 1. The van der Waals surface area contributed by atoms with E-state index in [0.717, 1.165) is 37.6 Å². The summed E-state index contributed by atoms with van der Waals surface area (Å²) in [5.74, 6) is 0.387. The molecule has 192 valence electrons. The number of rotatable bonds is 8. The zero-order valence-corrected chi connectivity index (χ0v) is 19.8. The van der Waals surface area contributed by atoms with Gasteiger partial charge in [-0.1, -0.05) is 0 Å². The number of ether oxygens (including phenoxy) is 1. The molecule has 5 rings (SSSR count). The van der Waals surface area contributed by atoms with Gasteiger partial charge in [-0.3, -0.25) is 14.4 Å². The van der Waals surface area contributed by atoms with E-state index in [1.807, 2.05) is 18.2 Å². The Morgan fingerprint density at radius 2 is 1.84 bits per heavy atom. The summed E-state index contributed by atoms with van der Waals surface area (Å²) in [7, 11) is 0.